The molecule has 1 aliphatic heterocycles. The minimum atomic E-state index is -1.16. The van der Waals surface area contributed by atoms with Crippen LogP contribution in [-0.4, -0.2) is 28.5 Å². The highest BCUT2D eigenvalue weighted by molar-refractivity contribution is 5.91. The molecule has 1 fully saturated rings. The molecule has 1 heterocycles. The highest BCUT2D eigenvalue weighted by Crippen LogP contribution is 2.44. The monoisotopic (exact) mass is 376 g/mol. The summed E-state index contributed by atoms with van der Waals surface area (Å²) in [5.74, 6) is -1.54. The first-order chi connectivity index (χ1) is 12.7. The maximum atomic E-state index is 14.1. The molecule has 0 spiro atoms. The Morgan fingerprint density at radius 1 is 1.19 bits per heavy atom. The average Bonchev–Trinajstić information content (AvgIpc) is 3.43. The van der Waals surface area contributed by atoms with Gasteiger partial charge in [0.25, 0.3) is 11.4 Å². The van der Waals surface area contributed by atoms with E-state index in [2.05, 4.69) is 0 Å². The van der Waals surface area contributed by atoms with E-state index in [-0.39, 0.29) is 17.7 Å². The number of nitrogens with zero attached hydrogens (tertiary/aromatic N) is 2. The fourth-order valence-corrected chi connectivity index (χ4v) is 2.74. The number of hydrogen-bond acceptors (Lipinski definition) is 7. The van der Waals surface area contributed by atoms with E-state index < -0.39 is 44.7 Å². The van der Waals surface area contributed by atoms with Crippen molar-refractivity contribution < 1.29 is 28.5 Å². The predicted octanol–water partition coefficient (Wildman–Crippen LogP) is 3.11. The molecule has 0 bridgehead atoms. The second kappa shape index (κ2) is 6.72. The normalized spacial score (nSPS) is 19.2. The minimum absolute atomic E-state index is 0.122. The highest BCUT2D eigenvalue weighted by Gasteiger charge is 2.54. The second-order valence-corrected chi connectivity index (χ2v) is 5.96. The van der Waals surface area contributed by atoms with Gasteiger partial charge in [0.2, 0.25) is 0 Å². The summed E-state index contributed by atoms with van der Waals surface area (Å²) in [5, 5.41) is 21.9. The number of benzene rings is 2. The number of carbonyl (C=O) groups excluding carboxylic acids is 1. The lowest BCUT2D eigenvalue weighted by Gasteiger charge is -2.21. The van der Waals surface area contributed by atoms with Gasteiger partial charge in [-0.05, 0) is 13.0 Å². The topological polar surface area (TPSA) is 125 Å². The summed E-state index contributed by atoms with van der Waals surface area (Å²) in [4.78, 5) is 32.5. The van der Waals surface area contributed by atoms with E-state index in [4.69, 9.17) is 9.47 Å². The van der Waals surface area contributed by atoms with Crippen molar-refractivity contribution in [3.05, 3.63) is 79.6 Å². The van der Waals surface area contributed by atoms with E-state index in [1.165, 1.54) is 25.1 Å². The van der Waals surface area contributed by atoms with Crippen LogP contribution < -0.4 is 0 Å². The van der Waals surface area contributed by atoms with Crippen LogP contribution in [0.5, 0.6) is 0 Å². The van der Waals surface area contributed by atoms with E-state index in [1.807, 2.05) is 0 Å². The lowest BCUT2D eigenvalue weighted by atomic mass is 9.94. The molecule has 0 saturated carbocycles. The van der Waals surface area contributed by atoms with Gasteiger partial charge in [0.1, 0.15) is 11.9 Å². The molecule has 0 N–H and O–H groups in total. The van der Waals surface area contributed by atoms with Gasteiger partial charge >= 0.3 is 5.97 Å². The van der Waals surface area contributed by atoms with Crippen molar-refractivity contribution in [1.29, 1.82) is 0 Å². The Kier molecular flexibility index (Phi) is 4.58. The summed E-state index contributed by atoms with van der Waals surface area (Å²) in [6, 6.07) is 8.37. The number of nitro groups is 2. The van der Waals surface area contributed by atoms with Gasteiger partial charge in [0.05, 0.1) is 28.1 Å². The maximum absolute atomic E-state index is 14.1. The van der Waals surface area contributed by atoms with E-state index in [9.17, 15) is 29.4 Å². The SMILES string of the molecule is C[C@H](OC(=O)c1cc([N+](=O)[O-])cc([N+](=O)[O-])c1)[C@@]1(c2ccccc2F)CO1. The molecule has 2 atom stereocenters. The molecule has 2 aromatic rings. The molecule has 0 amide bonds. The number of halogens is 1. The molecule has 0 unspecified atom stereocenters. The van der Waals surface area contributed by atoms with Crippen molar-refractivity contribution in [1.82, 2.24) is 0 Å². The zero-order chi connectivity index (χ0) is 19.8. The third-order valence-electron chi connectivity index (χ3n) is 4.29. The van der Waals surface area contributed by atoms with Crippen LogP contribution in [0, 0.1) is 26.0 Å². The van der Waals surface area contributed by atoms with Crippen LogP contribution >= 0.6 is 0 Å². The summed E-state index contributed by atoms with van der Waals surface area (Å²) in [6.07, 6.45) is -0.930. The molecular formula is C17H13FN2O7. The van der Waals surface area contributed by atoms with Gasteiger partial charge in [0, 0.05) is 17.7 Å². The molecule has 27 heavy (non-hydrogen) atoms. The largest absolute Gasteiger partial charge is 0.456 e. The fourth-order valence-electron chi connectivity index (χ4n) is 2.74. The van der Waals surface area contributed by atoms with Crippen LogP contribution in [0.3, 0.4) is 0 Å². The molecule has 1 aliphatic rings. The standard InChI is InChI=1S/C17H13FN2O7/c1-10(17(9-26-17)14-4-2-3-5-15(14)18)27-16(21)11-6-12(19(22)23)8-13(7-11)20(24)25/h2-8,10H,9H2,1H3/t10-,17+/m0/s1. The van der Waals surface area contributed by atoms with Gasteiger partial charge in [-0.15, -0.1) is 0 Å². The van der Waals surface area contributed by atoms with Crippen molar-refractivity contribution >= 4 is 17.3 Å². The number of carbonyl (C=O) groups is 1. The molecule has 9 nitrogen and oxygen atoms in total. The third-order valence-corrected chi connectivity index (χ3v) is 4.29. The maximum Gasteiger partial charge on any atom is 0.339 e. The van der Waals surface area contributed by atoms with Crippen molar-refractivity contribution in [2.45, 2.75) is 18.6 Å². The summed E-state index contributed by atoms with van der Waals surface area (Å²) >= 11 is 0. The minimum Gasteiger partial charge on any atom is -0.456 e. The Bertz CT molecular complexity index is 910. The van der Waals surface area contributed by atoms with Gasteiger partial charge in [-0.3, -0.25) is 20.2 Å². The van der Waals surface area contributed by atoms with E-state index >= 15 is 0 Å². The van der Waals surface area contributed by atoms with Crippen molar-refractivity contribution in [3.63, 3.8) is 0 Å². The lowest BCUT2D eigenvalue weighted by molar-refractivity contribution is -0.394. The predicted molar refractivity (Wildman–Crippen MR) is 88.7 cm³/mol. The fraction of sp³-hybridized carbons (Fsp3) is 0.235. The average molecular weight is 376 g/mol. The molecule has 0 radical (unpaired) electrons. The molecule has 10 heteroatoms. The van der Waals surface area contributed by atoms with Crippen LogP contribution in [0.1, 0.15) is 22.8 Å². The van der Waals surface area contributed by atoms with Gasteiger partial charge in [-0.1, -0.05) is 18.2 Å². The summed E-state index contributed by atoms with van der Waals surface area (Å²) in [5.41, 5.74) is -2.53. The molecule has 0 aromatic heterocycles. The van der Waals surface area contributed by atoms with Gasteiger partial charge in [0.15, 0.2) is 5.60 Å². The molecular weight excluding hydrogens is 363 g/mol. The van der Waals surface area contributed by atoms with Crippen molar-refractivity contribution in [3.8, 4) is 0 Å². The van der Waals surface area contributed by atoms with Crippen LogP contribution in [0.2, 0.25) is 0 Å². The van der Waals surface area contributed by atoms with Crippen LogP contribution in [0.4, 0.5) is 15.8 Å². The van der Waals surface area contributed by atoms with Gasteiger partial charge in [-0.25, -0.2) is 9.18 Å². The molecule has 2 aromatic carbocycles. The first-order valence-corrected chi connectivity index (χ1v) is 7.78. The zero-order valence-electron chi connectivity index (χ0n) is 14.0. The summed E-state index contributed by atoms with van der Waals surface area (Å²) < 4.78 is 24.7. The Morgan fingerprint density at radius 3 is 2.22 bits per heavy atom. The quantitative estimate of drug-likeness (QED) is 0.328. The Balaban J connectivity index is 1.86. The number of non-ortho nitro benzene ring substituents is 2. The Hall–Kier alpha value is -3.40. The zero-order valence-corrected chi connectivity index (χ0v) is 14.0. The number of rotatable bonds is 6. The van der Waals surface area contributed by atoms with Crippen LogP contribution in [-0.2, 0) is 15.1 Å². The summed E-state index contributed by atoms with van der Waals surface area (Å²) in [7, 11) is 0. The van der Waals surface area contributed by atoms with E-state index in [0.717, 1.165) is 18.2 Å². The number of nitro benzene ring substituents is 2. The first-order valence-electron chi connectivity index (χ1n) is 7.78. The third kappa shape index (κ3) is 3.47. The summed E-state index contributed by atoms with van der Waals surface area (Å²) in [6.45, 7) is 1.61. The molecule has 1 saturated heterocycles. The van der Waals surface area contributed by atoms with E-state index in [1.54, 1.807) is 6.07 Å². The highest BCUT2D eigenvalue weighted by atomic mass is 19.1. The lowest BCUT2D eigenvalue weighted by Crippen LogP contribution is -2.31. The molecule has 0 aliphatic carbocycles. The molecule has 140 valence electrons. The second-order valence-electron chi connectivity index (χ2n) is 5.96. The molecule has 3 rings (SSSR count). The van der Waals surface area contributed by atoms with Crippen LogP contribution in [0.25, 0.3) is 0 Å². The van der Waals surface area contributed by atoms with Crippen LogP contribution in [0.15, 0.2) is 42.5 Å². The number of esters is 1. The van der Waals surface area contributed by atoms with Gasteiger partial charge in [-0.2, -0.15) is 0 Å². The smallest absolute Gasteiger partial charge is 0.339 e. The Morgan fingerprint density at radius 2 is 1.74 bits per heavy atom. The number of epoxide rings is 1. The van der Waals surface area contributed by atoms with Gasteiger partial charge < -0.3 is 9.47 Å². The van der Waals surface area contributed by atoms with Crippen molar-refractivity contribution in [2.24, 2.45) is 0 Å². The van der Waals surface area contributed by atoms with E-state index in [0.29, 0.717) is 0 Å². The number of ether oxygens (including phenoxy) is 2. The number of hydrogen-bond donors (Lipinski definition) is 0. The van der Waals surface area contributed by atoms with Crippen molar-refractivity contribution in [2.75, 3.05) is 6.61 Å². The Labute approximate surface area is 151 Å². The first kappa shape index (κ1) is 18.4.